The number of benzene rings is 2. The average molecular weight is 476 g/mol. The number of para-hydroxylation sites is 1. The summed E-state index contributed by atoms with van der Waals surface area (Å²) in [6, 6.07) is 13.2. The third kappa shape index (κ3) is 3.46. The molecule has 9 nitrogen and oxygen atoms in total. The minimum Gasteiger partial charge on any atom is -0.497 e. The molecule has 31 heavy (non-hydrogen) atoms. The summed E-state index contributed by atoms with van der Waals surface area (Å²) in [5.41, 5.74) is 1.80. The maximum atomic E-state index is 12.3. The van der Waals surface area contributed by atoms with Gasteiger partial charge in [0.2, 0.25) is 5.95 Å². The lowest BCUT2D eigenvalue weighted by atomic mass is 10.2. The molecule has 0 radical (unpaired) electrons. The molecule has 0 fully saturated rings. The highest BCUT2D eigenvalue weighted by Gasteiger charge is 2.17. The Morgan fingerprint density at radius 3 is 2.71 bits per heavy atom. The zero-order valence-corrected chi connectivity index (χ0v) is 17.7. The van der Waals surface area contributed by atoms with Gasteiger partial charge >= 0.3 is 0 Å². The molecule has 0 amide bonds. The van der Waals surface area contributed by atoms with E-state index in [9.17, 15) is 4.79 Å². The molecule has 5 rings (SSSR count). The summed E-state index contributed by atoms with van der Waals surface area (Å²) in [4.78, 5) is 29.5. The maximum Gasteiger partial charge on any atom is 0.295 e. The fraction of sp³-hybridized carbons (Fsp3) is 0.0476. The number of nitrogens with one attached hydrogen (secondary N) is 1. The molecule has 10 heteroatoms. The monoisotopic (exact) mass is 475 g/mol. The van der Waals surface area contributed by atoms with Gasteiger partial charge in [-0.2, -0.15) is 4.52 Å². The van der Waals surface area contributed by atoms with E-state index in [-0.39, 0.29) is 5.69 Å². The largest absolute Gasteiger partial charge is 0.497 e. The van der Waals surface area contributed by atoms with Crippen LogP contribution in [-0.4, -0.2) is 36.7 Å². The summed E-state index contributed by atoms with van der Waals surface area (Å²) < 4.78 is 7.59. The standard InChI is InChI=1S/C21H14BrN7O2/c1-31-13-7-5-12(6-8-13)18-27-19-14-3-2-4-15(22)17(14)26-21(29(19)28-18)25-16-11-23-9-10-24-20(16)30/h2-11H,1H3,(H,24,25,26,30). The van der Waals surface area contributed by atoms with Crippen LogP contribution in [0.3, 0.4) is 0 Å². The Hall–Kier alpha value is -3.92. The molecule has 0 aliphatic heterocycles. The van der Waals surface area contributed by atoms with Crippen molar-refractivity contribution in [1.29, 1.82) is 0 Å². The fourth-order valence-electron chi connectivity index (χ4n) is 3.13. The van der Waals surface area contributed by atoms with Crippen LogP contribution in [0.25, 0.3) is 27.9 Å². The maximum absolute atomic E-state index is 12.3. The van der Waals surface area contributed by atoms with Crippen molar-refractivity contribution in [1.82, 2.24) is 29.5 Å². The first-order valence-corrected chi connectivity index (χ1v) is 10.00. The number of rotatable bonds is 4. The smallest absolute Gasteiger partial charge is 0.295 e. The predicted octanol–water partition coefficient (Wildman–Crippen LogP) is 3.61. The number of methoxy groups -OCH3 is 1. The Kier molecular flexibility index (Phi) is 4.75. The van der Waals surface area contributed by atoms with Gasteiger partial charge in [0.25, 0.3) is 5.56 Å². The number of aromatic nitrogens is 6. The molecule has 0 aliphatic carbocycles. The molecule has 152 valence electrons. The Labute approximate surface area is 183 Å². The molecule has 3 heterocycles. The molecule has 5 aromatic rings. The second kappa shape index (κ2) is 7.73. The summed E-state index contributed by atoms with van der Waals surface area (Å²) in [5, 5.41) is 8.46. The first kappa shape index (κ1) is 19.1. The van der Waals surface area contributed by atoms with Gasteiger partial charge in [-0.15, -0.1) is 5.10 Å². The summed E-state index contributed by atoms with van der Waals surface area (Å²) in [6.45, 7) is 0. The van der Waals surface area contributed by atoms with Crippen LogP contribution in [0.2, 0.25) is 0 Å². The Balaban J connectivity index is 1.75. The molecule has 2 aromatic carbocycles. The second-order valence-electron chi connectivity index (χ2n) is 6.52. The third-order valence-corrected chi connectivity index (χ3v) is 5.27. The van der Waals surface area contributed by atoms with Crippen LogP contribution >= 0.6 is 15.9 Å². The van der Waals surface area contributed by atoms with Crippen molar-refractivity contribution in [3.8, 4) is 17.1 Å². The number of hydrogen-bond acceptors (Lipinski definition) is 8. The summed E-state index contributed by atoms with van der Waals surface area (Å²) in [6.07, 6.45) is 4.17. The van der Waals surface area contributed by atoms with Crippen LogP contribution in [0.4, 0.5) is 11.6 Å². The van der Waals surface area contributed by atoms with Gasteiger partial charge in [0, 0.05) is 27.8 Å². The minimum absolute atomic E-state index is 0.173. The Bertz CT molecular complexity index is 1490. The third-order valence-electron chi connectivity index (χ3n) is 4.63. The van der Waals surface area contributed by atoms with Crippen molar-refractivity contribution in [3.63, 3.8) is 0 Å². The second-order valence-corrected chi connectivity index (χ2v) is 7.37. The first-order valence-electron chi connectivity index (χ1n) is 9.21. The van der Waals surface area contributed by atoms with E-state index in [1.165, 1.54) is 18.6 Å². The molecule has 0 saturated carbocycles. The molecule has 0 aliphatic rings. The van der Waals surface area contributed by atoms with E-state index >= 15 is 0 Å². The van der Waals surface area contributed by atoms with Crippen molar-refractivity contribution >= 4 is 44.1 Å². The van der Waals surface area contributed by atoms with Crippen LogP contribution in [0.1, 0.15) is 0 Å². The highest BCUT2D eigenvalue weighted by atomic mass is 79.9. The number of anilines is 2. The van der Waals surface area contributed by atoms with Gasteiger partial charge in [-0.25, -0.2) is 15.0 Å². The average Bonchev–Trinajstić information content (AvgIpc) is 3.15. The van der Waals surface area contributed by atoms with E-state index in [1.807, 2.05) is 42.5 Å². The molecule has 3 aromatic heterocycles. The predicted molar refractivity (Wildman–Crippen MR) is 120 cm³/mol. The molecule has 0 bridgehead atoms. The fourth-order valence-corrected chi connectivity index (χ4v) is 3.58. The van der Waals surface area contributed by atoms with Crippen molar-refractivity contribution in [2.24, 2.45) is 0 Å². The normalized spacial score (nSPS) is 11.0. The highest BCUT2D eigenvalue weighted by Crippen LogP contribution is 2.29. The van der Waals surface area contributed by atoms with E-state index in [4.69, 9.17) is 9.72 Å². The van der Waals surface area contributed by atoms with Crippen LogP contribution < -0.4 is 15.6 Å². The van der Waals surface area contributed by atoms with Gasteiger partial charge in [0.05, 0.1) is 18.8 Å². The van der Waals surface area contributed by atoms with E-state index in [1.54, 1.807) is 11.6 Å². The lowest BCUT2D eigenvalue weighted by molar-refractivity contribution is 0.415. The molecular weight excluding hydrogens is 462 g/mol. The van der Waals surface area contributed by atoms with Crippen LogP contribution in [0, 0.1) is 0 Å². The van der Waals surface area contributed by atoms with E-state index in [2.05, 4.69) is 41.3 Å². The van der Waals surface area contributed by atoms with Crippen LogP contribution in [0.15, 0.2) is 70.3 Å². The number of ether oxygens (including phenoxy) is 1. The highest BCUT2D eigenvalue weighted by molar-refractivity contribution is 9.10. The summed E-state index contributed by atoms with van der Waals surface area (Å²) in [5.74, 6) is 1.57. The Morgan fingerprint density at radius 2 is 1.90 bits per heavy atom. The number of hydrogen-bond donors (Lipinski definition) is 1. The van der Waals surface area contributed by atoms with Crippen molar-refractivity contribution in [2.75, 3.05) is 12.4 Å². The quantitative estimate of drug-likeness (QED) is 0.419. The van der Waals surface area contributed by atoms with Crippen molar-refractivity contribution < 1.29 is 4.74 Å². The van der Waals surface area contributed by atoms with Gasteiger partial charge in [0.1, 0.15) is 11.4 Å². The molecule has 0 spiro atoms. The van der Waals surface area contributed by atoms with E-state index < -0.39 is 5.56 Å². The molecule has 0 atom stereocenters. The topological polar surface area (TPSA) is 107 Å². The number of halogens is 1. The van der Waals surface area contributed by atoms with Crippen molar-refractivity contribution in [3.05, 3.63) is 75.9 Å². The van der Waals surface area contributed by atoms with E-state index in [0.29, 0.717) is 22.9 Å². The molecule has 0 unspecified atom stereocenters. The summed E-state index contributed by atoms with van der Waals surface area (Å²) >= 11 is 3.54. The summed E-state index contributed by atoms with van der Waals surface area (Å²) in [7, 11) is 1.61. The molecule has 0 saturated heterocycles. The Morgan fingerprint density at radius 1 is 1.06 bits per heavy atom. The van der Waals surface area contributed by atoms with Gasteiger partial charge in [-0.05, 0) is 52.3 Å². The van der Waals surface area contributed by atoms with Crippen LogP contribution in [0.5, 0.6) is 5.75 Å². The zero-order valence-electron chi connectivity index (χ0n) is 16.2. The van der Waals surface area contributed by atoms with Crippen molar-refractivity contribution in [2.45, 2.75) is 0 Å². The SMILES string of the molecule is COc1ccc(-c2nc3c4cccc(Br)c4nc(Nc4cnccnc4=O)n3n2)cc1. The first-order chi connectivity index (χ1) is 15.1. The van der Waals surface area contributed by atoms with Gasteiger partial charge in [-0.1, -0.05) is 6.07 Å². The van der Waals surface area contributed by atoms with Crippen LogP contribution in [-0.2, 0) is 0 Å². The van der Waals surface area contributed by atoms with Gasteiger partial charge in [0.15, 0.2) is 11.5 Å². The lowest BCUT2D eigenvalue weighted by Crippen LogP contribution is -2.12. The number of fused-ring (bicyclic) bond motifs is 3. The molecular formula is C21H14BrN7O2. The number of nitrogens with zero attached hydrogens (tertiary/aromatic N) is 6. The van der Waals surface area contributed by atoms with E-state index in [0.717, 1.165) is 21.2 Å². The lowest BCUT2D eigenvalue weighted by Gasteiger charge is -2.08. The minimum atomic E-state index is -0.463. The van der Waals surface area contributed by atoms with Gasteiger partial charge < -0.3 is 10.1 Å². The molecule has 1 N–H and O–H groups in total. The zero-order chi connectivity index (χ0) is 21.4. The van der Waals surface area contributed by atoms with Gasteiger partial charge in [-0.3, -0.25) is 9.78 Å².